The van der Waals surface area contributed by atoms with Gasteiger partial charge in [0.1, 0.15) is 11.9 Å². The second kappa shape index (κ2) is 17.5. The van der Waals surface area contributed by atoms with Crippen LogP contribution in [0.15, 0.2) is 82.8 Å². The van der Waals surface area contributed by atoms with Crippen LogP contribution in [0.3, 0.4) is 0 Å². The molecular weight excluding hydrogens is 634 g/mol. The number of carbonyl (C=O) groups is 5. The lowest BCUT2D eigenvalue weighted by Crippen LogP contribution is -2.38. The van der Waals surface area contributed by atoms with Crippen molar-refractivity contribution in [2.24, 2.45) is 17.6 Å². The summed E-state index contributed by atoms with van der Waals surface area (Å²) in [7, 11) is 4.27. The van der Waals surface area contributed by atoms with Crippen molar-refractivity contribution in [3.63, 3.8) is 0 Å². The van der Waals surface area contributed by atoms with Gasteiger partial charge in [0.2, 0.25) is 11.6 Å². The Labute approximate surface area is 285 Å². The summed E-state index contributed by atoms with van der Waals surface area (Å²) in [5.41, 5.74) is 5.74. The number of nitrogens with one attached hydrogen (secondary N) is 2. The maximum absolute atomic E-state index is 13.9. The summed E-state index contributed by atoms with van der Waals surface area (Å²) < 4.78 is 21.9. The first-order valence-corrected chi connectivity index (χ1v) is 15.7. The highest BCUT2D eigenvalue weighted by molar-refractivity contribution is 6.24. The third-order valence-corrected chi connectivity index (χ3v) is 8.38. The molecule has 2 aliphatic rings. The summed E-state index contributed by atoms with van der Waals surface area (Å²) in [4.78, 5) is 65.7. The minimum atomic E-state index is -1.04. The van der Waals surface area contributed by atoms with E-state index in [9.17, 15) is 29.1 Å². The quantitative estimate of drug-likeness (QED) is 0.256. The van der Waals surface area contributed by atoms with E-state index in [4.69, 9.17) is 24.7 Å². The number of Topliss-reactive ketones (excluding diaryl/α,β-unsaturated/α-hetero) is 1. The second-order valence-corrected chi connectivity index (χ2v) is 12.1. The number of para-hydroxylation sites is 1. The number of ether oxygens (including phenoxy) is 4. The number of allylic oxidation sites excluding steroid dienone is 4. The molecule has 3 rings (SSSR count). The van der Waals surface area contributed by atoms with Gasteiger partial charge in [0.25, 0.3) is 11.8 Å². The summed E-state index contributed by atoms with van der Waals surface area (Å²) in [6.45, 7) is 6.80. The van der Waals surface area contributed by atoms with E-state index < -0.39 is 59.8 Å². The highest BCUT2D eigenvalue weighted by Gasteiger charge is 2.34. The van der Waals surface area contributed by atoms with Gasteiger partial charge in [-0.2, -0.15) is 0 Å². The van der Waals surface area contributed by atoms with Gasteiger partial charge in [-0.1, -0.05) is 50.3 Å². The number of primary amides is 1. The van der Waals surface area contributed by atoms with Crippen LogP contribution in [-0.2, 0) is 28.6 Å². The minimum absolute atomic E-state index is 0.00322. The van der Waals surface area contributed by atoms with Gasteiger partial charge in [0, 0.05) is 37.4 Å². The van der Waals surface area contributed by atoms with Crippen LogP contribution in [0.1, 0.15) is 50.9 Å². The van der Waals surface area contributed by atoms with E-state index in [-0.39, 0.29) is 52.6 Å². The van der Waals surface area contributed by atoms with E-state index in [0.717, 1.165) is 6.08 Å². The largest absolute Gasteiger partial charge is 0.496 e. The number of ketones is 2. The molecule has 1 aliphatic carbocycles. The predicted octanol–water partition coefficient (Wildman–Crippen LogP) is 3.20. The summed E-state index contributed by atoms with van der Waals surface area (Å²) >= 11 is 0. The van der Waals surface area contributed by atoms with E-state index >= 15 is 0 Å². The van der Waals surface area contributed by atoms with Crippen molar-refractivity contribution in [2.75, 3.05) is 21.3 Å². The van der Waals surface area contributed by atoms with E-state index in [0.29, 0.717) is 5.57 Å². The molecule has 0 saturated heterocycles. The number of carbonyl (C=O) groups excluding carboxylic acids is 5. The van der Waals surface area contributed by atoms with Crippen LogP contribution in [0, 0.1) is 11.8 Å². The molecule has 1 aromatic carbocycles. The molecule has 2 bridgehead atoms. The molecule has 0 unspecified atom stereocenters. The standard InChI is InChI=1S/C36H45N3O10/c1-19-15-24-30(39-35(44)23-12-8-9-13-27(23)46-5)26(40)18-25(32(24)42)38-34(43)20(2)11-10-14-28(47-6)33(49-36(37)45)22(4)17-21(3)31(41)29(16-19)48-7/h8-14,17-19,21,28-29,31,33,41H,15-16H2,1-7H3,(H2,37,45)(H,38,43)(H,39,44)/b14-10-,20-11+,22-17+/t19-,21+,28+,29+,31-,33+/m1/s1. The Hall–Kier alpha value is -4.85. The number of aliphatic hydroxyl groups excluding tert-OH is 1. The van der Waals surface area contributed by atoms with Gasteiger partial charge in [-0.25, -0.2) is 4.79 Å². The van der Waals surface area contributed by atoms with Crippen molar-refractivity contribution in [3.05, 3.63) is 88.3 Å². The van der Waals surface area contributed by atoms with Crippen molar-refractivity contribution in [2.45, 2.75) is 65.0 Å². The lowest BCUT2D eigenvalue weighted by atomic mass is 9.85. The van der Waals surface area contributed by atoms with Gasteiger partial charge in [0.15, 0.2) is 6.10 Å². The van der Waals surface area contributed by atoms with Gasteiger partial charge in [0.05, 0.1) is 36.3 Å². The number of rotatable bonds is 6. The molecule has 0 saturated carbocycles. The van der Waals surface area contributed by atoms with Gasteiger partial charge in [-0.3, -0.25) is 19.2 Å². The summed E-state index contributed by atoms with van der Waals surface area (Å²) in [5.74, 6) is -3.26. The van der Waals surface area contributed by atoms with Gasteiger partial charge >= 0.3 is 6.09 Å². The topological polar surface area (TPSA) is 193 Å². The fourth-order valence-corrected chi connectivity index (χ4v) is 5.73. The molecule has 1 heterocycles. The van der Waals surface area contributed by atoms with Crippen LogP contribution in [0.25, 0.3) is 0 Å². The Balaban J connectivity index is 2.11. The van der Waals surface area contributed by atoms with Crippen molar-refractivity contribution in [1.82, 2.24) is 10.6 Å². The van der Waals surface area contributed by atoms with E-state index in [2.05, 4.69) is 10.6 Å². The van der Waals surface area contributed by atoms with Crippen LogP contribution in [0.4, 0.5) is 4.79 Å². The third-order valence-electron chi connectivity index (χ3n) is 8.38. The van der Waals surface area contributed by atoms with E-state index in [1.807, 2.05) is 6.92 Å². The summed E-state index contributed by atoms with van der Waals surface area (Å²) in [6, 6.07) is 6.44. The summed E-state index contributed by atoms with van der Waals surface area (Å²) in [5, 5.41) is 16.5. The molecule has 13 nitrogen and oxygen atoms in total. The molecular formula is C36H45N3O10. The number of hydrogen-bond acceptors (Lipinski definition) is 10. The molecule has 1 aliphatic heterocycles. The predicted molar refractivity (Wildman–Crippen MR) is 180 cm³/mol. The van der Waals surface area contributed by atoms with Gasteiger partial charge < -0.3 is 40.4 Å². The lowest BCUT2D eigenvalue weighted by molar-refractivity contribution is -0.120. The number of methoxy groups -OCH3 is 3. The number of nitrogens with two attached hydrogens (primary N) is 1. The Morgan fingerprint density at radius 2 is 1.73 bits per heavy atom. The zero-order chi connectivity index (χ0) is 36.4. The van der Waals surface area contributed by atoms with Crippen LogP contribution < -0.4 is 21.1 Å². The number of benzene rings is 1. The normalized spacial score (nSPS) is 28.7. The second-order valence-electron chi connectivity index (χ2n) is 12.1. The van der Waals surface area contributed by atoms with Crippen LogP contribution in [0.2, 0.25) is 0 Å². The molecule has 5 N–H and O–H groups in total. The first-order valence-electron chi connectivity index (χ1n) is 15.7. The molecule has 3 amide bonds. The first-order chi connectivity index (χ1) is 23.2. The fraction of sp³-hybridized carbons (Fsp3) is 0.417. The molecule has 49 heavy (non-hydrogen) atoms. The molecule has 264 valence electrons. The lowest BCUT2D eigenvalue weighted by Gasteiger charge is -2.30. The highest BCUT2D eigenvalue weighted by Crippen LogP contribution is 2.29. The number of amides is 3. The zero-order valence-corrected chi connectivity index (χ0v) is 28.8. The molecule has 0 spiro atoms. The van der Waals surface area contributed by atoms with Crippen molar-refractivity contribution in [1.29, 1.82) is 0 Å². The van der Waals surface area contributed by atoms with Crippen molar-refractivity contribution < 1.29 is 48.0 Å². The van der Waals surface area contributed by atoms with Gasteiger partial charge in [-0.05, 0) is 50.3 Å². The Morgan fingerprint density at radius 1 is 1.04 bits per heavy atom. The van der Waals surface area contributed by atoms with E-state index in [1.54, 1.807) is 44.2 Å². The zero-order valence-electron chi connectivity index (χ0n) is 28.8. The molecule has 1 aromatic rings. The Bertz CT molecular complexity index is 1610. The maximum atomic E-state index is 13.9. The van der Waals surface area contributed by atoms with Crippen LogP contribution in [0.5, 0.6) is 5.75 Å². The van der Waals surface area contributed by atoms with Crippen LogP contribution in [-0.4, -0.2) is 80.3 Å². The highest BCUT2D eigenvalue weighted by atomic mass is 16.6. The fourth-order valence-electron chi connectivity index (χ4n) is 5.73. The molecule has 0 fully saturated rings. The summed E-state index contributed by atoms with van der Waals surface area (Å²) in [6.07, 6.45) is 2.90. The van der Waals surface area contributed by atoms with Gasteiger partial charge in [-0.15, -0.1) is 0 Å². The Morgan fingerprint density at radius 3 is 2.37 bits per heavy atom. The van der Waals surface area contributed by atoms with Crippen molar-refractivity contribution in [3.8, 4) is 5.75 Å². The monoisotopic (exact) mass is 679 g/mol. The van der Waals surface area contributed by atoms with Crippen molar-refractivity contribution >= 4 is 29.5 Å². The number of aliphatic hydroxyl groups is 1. The molecule has 6 atom stereocenters. The Kier molecular flexibility index (Phi) is 13.8. The molecule has 13 heteroatoms. The average Bonchev–Trinajstić information content (AvgIpc) is 3.07. The maximum Gasteiger partial charge on any atom is 0.405 e. The molecule has 0 aromatic heterocycles. The SMILES string of the molecule is COc1ccccc1C(=O)NC1=C2C[C@@H](C)C[C@H](OC)[C@H](O)[C@@H](C)/C=C(\C)[C@H](OC(N)=O)[C@@H](OC)/C=C\C=C(/C)C(=O)NC(=CC1=O)C2=O. The first kappa shape index (κ1) is 38.6. The number of fused-ring (bicyclic) bond motifs is 2. The smallest absolute Gasteiger partial charge is 0.405 e. The molecule has 0 radical (unpaired) electrons. The average molecular weight is 680 g/mol. The van der Waals surface area contributed by atoms with E-state index in [1.165, 1.54) is 46.5 Å². The third kappa shape index (κ3) is 9.84. The minimum Gasteiger partial charge on any atom is -0.496 e. The number of hydrogen-bond donors (Lipinski definition) is 4. The van der Waals surface area contributed by atoms with Crippen LogP contribution >= 0.6 is 0 Å².